The van der Waals surface area contributed by atoms with Crippen LogP contribution in [-0.2, 0) is 48.2 Å². The highest BCUT2D eigenvalue weighted by molar-refractivity contribution is 9.09. The van der Waals surface area contributed by atoms with Crippen LogP contribution in [0.4, 0.5) is 5.69 Å². The Kier molecular flexibility index (Phi) is 21.5. The van der Waals surface area contributed by atoms with E-state index in [-0.39, 0.29) is 34.0 Å². The van der Waals surface area contributed by atoms with Crippen molar-refractivity contribution >= 4 is 60.8 Å². The molecule has 0 aromatic carbocycles. The molecule has 0 unspecified atom stereocenters. The Hall–Kier alpha value is -4.76. The average Bonchev–Trinajstić information content (AvgIpc) is 1.66. The van der Waals surface area contributed by atoms with E-state index in [1.807, 2.05) is 46.2 Å². The number of hydrogen-bond donors (Lipinski definition) is 3. The Morgan fingerprint density at radius 3 is 1.39 bits per heavy atom. The molecule has 0 spiro atoms. The first-order chi connectivity index (χ1) is 49.7. The summed E-state index contributed by atoms with van der Waals surface area (Å²) in [5, 5.41) is 52.2. The summed E-state index contributed by atoms with van der Waals surface area (Å²) in [4.78, 5) is 52.0. The molecule has 12 saturated carbocycles. The fraction of sp³-hybridized carbons (Fsp3) is 0.762. The third kappa shape index (κ3) is 14.1. The maximum absolute atomic E-state index is 13.6. The number of carbonyl (C=O) groups excluding carboxylic acids is 3. The fourth-order valence-electron chi connectivity index (χ4n) is 27.2. The minimum Gasteiger partial charge on any atom is -0.387 e. The van der Waals surface area contributed by atoms with E-state index in [2.05, 4.69) is 72.1 Å². The highest BCUT2D eigenvalue weighted by atomic mass is 79.9. The number of rotatable bonds is 14. The molecule has 12 fully saturated rings. The molecule has 3 N–H and O–H groups in total. The minimum absolute atomic E-state index is 0.123. The smallest absolute Gasteiger partial charge is 0.157 e. The second-order valence-electron chi connectivity index (χ2n) is 36.5. The van der Waals surface area contributed by atoms with Crippen LogP contribution in [0.25, 0.3) is 21.8 Å². The number of alkyl halides is 1. The maximum atomic E-state index is 13.6. The molecule has 6 heterocycles. The van der Waals surface area contributed by atoms with Crippen molar-refractivity contribution in [1.82, 2.24) is 34.5 Å². The number of aromatic nitrogens is 7. The molecule has 5 aromatic rings. The number of methoxy groups -OCH3 is 3. The van der Waals surface area contributed by atoms with E-state index in [9.17, 15) is 29.7 Å². The number of carbonyl (C=O) groups is 3. The number of hydrogen-bond acceptors (Lipinski definition) is 16. The Labute approximate surface area is 619 Å². The SMILES string of the molecule is COC[C@@]1(O)CC[C@H]2[C@H](CC[C@@H]3[C@@H]2CC[C@]2(C)[C@@H](C(=O)CBr)CC[C@@H]32)C1.COC[C@@]1(O)CC[C@H]2[C@H](CC[C@@H]3[C@@H]2CC[C@]2(C)[C@@H](C(=O)Cn4cc5ccncc5n4)CC[C@@H]32)C1.COC[C@@]1(O)CC[C@H]2[C@H](CC[C@@H]3[C@@H]2CC[C@]2(C)[C@@H](C(=O)Cn4ncc5ccncc54)CC[C@@H]32)C1.c1cc2c(cn1)N=NC2. The molecule has 0 bridgehead atoms. The van der Waals surface area contributed by atoms with Crippen molar-refractivity contribution < 1.29 is 43.9 Å². The summed E-state index contributed by atoms with van der Waals surface area (Å²) in [6, 6.07) is 5.85. The van der Waals surface area contributed by atoms with Crippen LogP contribution in [-0.4, -0.2) is 130 Å². The summed E-state index contributed by atoms with van der Waals surface area (Å²) in [6.07, 6.45) is 45.1. The van der Waals surface area contributed by atoms with Crippen LogP contribution in [0.2, 0.25) is 0 Å². The number of nitrogens with zero attached hydrogens (tertiary/aromatic N) is 9. The van der Waals surface area contributed by atoms with Crippen molar-refractivity contribution in [1.29, 1.82) is 0 Å². The summed E-state index contributed by atoms with van der Waals surface area (Å²) < 4.78 is 19.7. The monoisotopic (exact) mass is 1480 g/mol. The number of pyridine rings is 3. The van der Waals surface area contributed by atoms with E-state index in [1.54, 1.807) is 52.3 Å². The van der Waals surface area contributed by atoms with E-state index in [1.165, 1.54) is 108 Å². The third-order valence-corrected chi connectivity index (χ3v) is 32.1. The molecule has 12 aliphatic carbocycles. The molecule has 18 nitrogen and oxygen atoms in total. The number of Topliss-reactive ketones (excluding diaryl/α,β-unsaturated/α-hetero) is 3. The summed E-state index contributed by atoms with van der Waals surface area (Å²) in [5.74, 6) is 12.8. The zero-order chi connectivity index (χ0) is 71.6. The molecule has 0 saturated heterocycles. The highest BCUT2D eigenvalue weighted by Crippen LogP contribution is 2.68. The number of aliphatic hydroxyl groups is 3. The lowest BCUT2D eigenvalue weighted by Crippen LogP contribution is -2.52. The van der Waals surface area contributed by atoms with Crippen molar-refractivity contribution in [3.63, 3.8) is 0 Å². The van der Waals surface area contributed by atoms with Crippen molar-refractivity contribution in [2.24, 2.45) is 133 Å². The molecule has 560 valence electrons. The van der Waals surface area contributed by atoms with Gasteiger partial charge < -0.3 is 29.5 Å². The predicted molar refractivity (Wildman–Crippen MR) is 399 cm³/mol. The zero-order valence-corrected chi connectivity index (χ0v) is 64.1. The van der Waals surface area contributed by atoms with Crippen molar-refractivity contribution in [3.8, 4) is 0 Å². The van der Waals surface area contributed by atoms with Crippen LogP contribution in [0.1, 0.15) is 200 Å². The molecule has 13 aliphatic rings. The number of ether oxygens (including phenoxy) is 3. The van der Waals surface area contributed by atoms with Gasteiger partial charge in [-0.2, -0.15) is 20.4 Å². The van der Waals surface area contributed by atoms with Gasteiger partial charge in [-0.05, 0) is 297 Å². The number of fused-ring (bicyclic) bond motifs is 18. The largest absolute Gasteiger partial charge is 0.387 e. The quantitative estimate of drug-likeness (QED) is 0.0877. The van der Waals surface area contributed by atoms with E-state index < -0.39 is 16.8 Å². The fourth-order valence-corrected chi connectivity index (χ4v) is 27.6. The highest BCUT2D eigenvalue weighted by Gasteiger charge is 2.63. The Bertz CT molecular complexity index is 3830. The molecule has 24 atom stereocenters. The van der Waals surface area contributed by atoms with Gasteiger partial charge >= 0.3 is 0 Å². The molecule has 19 heteroatoms. The maximum Gasteiger partial charge on any atom is 0.157 e. The van der Waals surface area contributed by atoms with Gasteiger partial charge in [0.15, 0.2) is 11.6 Å². The standard InChI is InChI=1S/2C28H39N3O3.C22H35BrO3.C6H5N3/c1-27-10-7-21-20-8-11-28(33,17-34-2)13-18(20)3-4-22(21)23(27)5-6-24(27)26(32)16-31-15-19-9-12-29-14-25(19)30-31;1-27-10-7-21-20-8-11-28(33,17-34-2)13-18(20)3-4-22(21)23(27)5-6-24(27)26(32)16-31-25-15-29-12-9-19(25)14-30-31;1-21-9-7-16-15-8-10-22(25,13-26-2)11-14(15)3-4-17(16)18(21)5-6-19(21)20(24)12-23;1-2-7-4-6-5(1)3-8-9-6/h2*9,12,14-15,18,20-24,33H,3-8,10-11,13,16-17H2,1-2H3;14-19,25H,3-13H2,1-2H3;1-2,4H,3H2/t2*18-,20+,21-,22-,23+,24-,27+,28-;14-,15+,16-,17-,18+,19-,21+,22-;/m111./s1. The number of halogens is 1. The minimum atomic E-state index is -0.622. The van der Waals surface area contributed by atoms with Crippen molar-refractivity contribution in [2.45, 2.75) is 231 Å². The van der Waals surface area contributed by atoms with Crippen molar-refractivity contribution in [2.75, 3.05) is 46.5 Å². The van der Waals surface area contributed by atoms with Gasteiger partial charge in [0.1, 0.15) is 23.5 Å². The molecule has 5 aromatic heterocycles. The summed E-state index contributed by atoms with van der Waals surface area (Å²) in [5.41, 5.74) is 2.55. The van der Waals surface area contributed by atoms with E-state index in [0.29, 0.717) is 85.2 Å². The third-order valence-electron chi connectivity index (χ3n) is 31.6. The lowest BCUT2D eigenvalue weighted by molar-refractivity contribution is -0.137. The van der Waals surface area contributed by atoms with Gasteiger partial charge in [-0.1, -0.05) is 36.7 Å². The average molecular weight is 1480 g/mol. The molecular formula is C84H118BrN9O9. The first-order valence-corrected chi connectivity index (χ1v) is 41.4. The van der Waals surface area contributed by atoms with Gasteiger partial charge in [-0.25, -0.2) is 0 Å². The van der Waals surface area contributed by atoms with Gasteiger partial charge in [0.25, 0.3) is 0 Å². The summed E-state index contributed by atoms with van der Waals surface area (Å²) in [6.45, 7) is 10.2. The van der Waals surface area contributed by atoms with Crippen LogP contribution >= 0.6 is 15.9 Å². The van der Waals surface area contributed by atoms with Gasteiger partial charge in [-0.15, -0.1) is 0 Å². The zero-order valence-electron chi connectivity index (χ0n) is 62.5. The van der Waals surface area contributed by atoms with Gasteiger partial charge in [-0.3, -0.25) is 38.7 Å². The van der Waals surface area contributed by atoms with E-state index in [4.69, 9.17) is 14.2 Å². The first kappa shape index (κ1) is 73.7. The second-order valence-corrected chi connectivity index (χ2v) is 37.0. The van der Waals surface area contributed by atoms with Crippen LogP contribution < -0.4 is 0 Å². The topological polar surface area (TPSA) is 239 Å². The van der Waals surface area contributed by atoms with E-state index in [0.717, 1.165) is 164 Å². The summed E-state index contributed by atoms with van der Waals surface area (Å²) >= 11 is 3.42. The van der Waals surface area contributed by atoms with Crippen LogP contribution in [0.3, 0.4) is 0 Å². The second kappa shape index (κ2) is 30.0. The van der Waals surface area contributed by atoms with Gasteiger partial charge in [0, 0.05) is 80.2 Å². The molecule has 103 heavy (non-hydrogen) atoms. The van der Waals surface area contributed by atoms with Crippen molar-refractivity contribution in [3.05, 3.63) is 73.3 Å². The van der Waals surface area contributed by atoms with Crippen LogP contribution in [0, 0.1) is 123 Å². The predicted octanol–water partition coefficient (Wildman–Crippen LogP) is 15.6. The molecule has 0 radical (unpaired) electrons. The molecule has 1 aliphatic heterocycles. The van der Waals surface area contributed by atoms with Crippen LogP contribution in [0.5, 0.6) is 0 Å². The normalized spacial score (nSPS) is 41.5. The molecule has 18 rings (SSSR count). The van der Waals surface area contributed by atoms with E-state index >= 15 is 0 Å². The van der Waals surface area contributed by atoms with Gasteiger partial charge in [0.2, 0.25) is 0 Å². The summed E-state index contributed by atoms with van der Waals surface area (Å²) in [7, 11) is 5.10. The number of azo groups is 1. The Morgan fingerprint density at radius 2 is 0.922 bits per heavy atom. The Balaban J connectivity index is 0.000000118. The molecular weight excluding hydrogens is 1360 g/mol. The lowest BCUT2D eigenvalue weighted by Gasteiger charge is -2.57. The number of ketones is 3. The van der Waals surface area contributed by atoms with Crippen LogP contribution in [0.15, 0.2) is 78.0 Å². The molecule has 0 amide bonds. The Morgan fingerprint density at radius 1 is 0.485 bits per heavy atom. The van der Waals surface area contributed by atoms with Gasteiger partial charge in [0.05, 0.1) is 85.3 Å². The lowest BCUT2D eigenvalue weighted by atomic mass is 9.49. The first-order valence-electron chi connectivity index (χ1n) is 40.3.